The van der Waals surface area contributed by atoms with Gasteiger partial charge in [0.25, 0.3) is 17.4 Å². The summed E-state index contributed by atoms with van der Waals surface area (Å²) in [6.45, 7) is 4.37. The van der Waals surface area contributed by atoms with Gasteiger partial charge >= 0.3 is 0 Å². The van der Waals surface area contributed by atoms with Gasteiger partial charge in [0.15, 0.2) is 0 Å². The Morgan fingerprint density at radius 3 is 2.43 bits per heavy atom. The fraction of sp³-hybridized carbons (Fsp3) is 0.378. The zero-order valence-electron chi connectivity index (χ0n) is 27.6. The summed E-state index contributed by atoms with van der Waals surface area (Å²) in [6, 6.07) is 18.2. The van der Waals surface area contributed by atoms with Crippen LogP contribution in [0, 0.1) is 5.92 Å². The first-order chi connectivity index (χ1) is 23.6. The highest BCUT2D eigenvalue weighted by Gasteiger charge is 2.67. The molecule has 7 rings (SSSR count). The molecule has 0 aliphatic carbocycles. The second kappa shape index (κ2) is 12.5. The van der Waals surface area contributed by atoms with Crippen LogP contribution in [-0.2, 0) is 9.59 Å². The molecule has 1 aromatic heterocycles. The zero-order valence-corrected chi connectivity index (χ0v) is 27.6. The smallest absolute Gasteiger partial charge is 0.266 e. The Bertz CT molecular complexity index is 2030. The summed E-state index contributed by atoms with van der Waals surface area (Å²) in [5.74, 6) is -4.10. The first-order valence-electron chi connectivity index (χ1n) is 16.9. The molecule has 12 nitrogen and oxygen atoms in total. The van der Waals surface area contributed by atoms with Gasteiger partial charge in [-0.2, -0.15) is 0 Å². The van der Waals surface area contributed by atoms with E-state index in [2.05, 4.69) is 5.32 Å². The van der Waals surface area contributed by atoms with E-state index in [1.165, 1.54) is 14.4 Å². The van der Waals surface area contributed by atoms with Crippen molar-refractivity contribution >= 4 is 34.3 Å². The summed E-state index contributed by atoms with van der Waals surface area (Å²) in [7, 11) is 0. The minimum Gasteiger partial charge on any atom is -0.353 e. The van der Waals surface area contributed by atoms with Crippen molar-refractivity contribution in [3.05, 3.63) is 100 Å². The Morgan fingerprint density at radius 2 is 1.67 bits per heavy atom. The second-order valence-corrected chi connectivity index (χ2v) is 13.6. The van der Waals surface area contributed by atoms with E-state index in [1.54, 1.807) is 60.7 Å². The van der Waals surface area contributed by atoms with Crippen molar-refractivity contribution in [2.45, 2.75) is 75.8 Å². The molecule has 1 saturated heterocycles. The lowest BCUT2D eigenvalue weighted by Gasteiger charge is -2.41. The van der Waals surface area contributed by atoms with Crippen LogP contribution in [-0.4, -0.2) is 61.8 Å². The number of hydrogen-bond donors (Lipinski definition) is 4. The molecule has 5 atom stereocenters. The van der Waals surface area contributed by atoms with E-state index >= 15 is 0 Å². The van der Waals surface area contributed by atoms with E-state index < -0.39 is 47.6 Å². The number of carbonyl (C=O) groups is 3. The van der Waals surface area contributed by atoms with Gasteiger partial charge in [0.1, 0.15) is 11.9 Å². The maximum Gasteiger partial charge on any atom is 0.266 e. The average Bonchev–Trinajstić information content (AvgIpc) is 3.41. The standard InChI is InChI=1S/C37H41N7O5/c1-21(2)19-31-36(48)43-30-17-8-4-11-22(30)25(37(43,49)44(31)35(47)26(39)14-9-10-18-38)20-28-32-40-27-15-6-3-12-23(27)34(46)42(32)29-16-7-5-13-24(29)33(45)41-28/h3-8,11-13,15-17,21,25-26,28,31,49H,9-10,14,18-20,38-39H2,1-2H3,(H,41,45). The Hall–Kier alpha value is -4.91. The third kappa shape index (κ3) is 5.13. The Morgan fingerprint density at radius 1 is 0.980 bits per heavy atom. The van der Waals surface area contributed by atoms with Gasteiger partial charge in [-0.25, -0.2) is 4.98 Å². The van der Waals surface area contributed by atoms with Crippen LogP contribution >= 0.6 is 0 Å². The monoisotopic (exact) mass is 663 g/mol. The van der Waals surface area contributed by atoms with E-state index in [9.17, 15) is 24.3 Å². The number of nitrogens with one attached hydrogen (secondary N) is 1. The fourth-order valence-electron chi connectivity index (χ4n) is 7.81. The number of aliphatic hydroxyl groups is 1. The molecule has 0 radical (unpaired) electrons. The summed E-state index contributed by atoms with van der Waals surface area (Å²) in [4.78, 5) is 64.3. The van der Waals surface area contributed by atoms with Gasteiger partial charge in [-0.15, -0.1) is 0 Å². The van der Waals surface area contributed by atoms with Gasteiger partial charge in [0, 0.05) is 0 Å². The molecule has 6 N–H and O–H groups in total. The molecular weight excluding hydrogens is 622 g/mol. The molecule has 4 aromatic rings. The summed E-state index contributed by atoms with van der Waals surface area (Å²) >= 11 is 0. The Balaban J connectivity index is 1.39. The van der Waals surface area contributed by atoms with Crippen LogP contribution in [0.25, 0.3) is 16.6 Å². The van der Waals surface area contributed by atoms with Gasteiger partial charge in [-0.1, -0.05) is 62.7 Å². The number of benzene rings is 3. The molecule has 49 heavy (non-hydrogen) atoms. The Kier molecular flexibility index (Phi) is 8.34. The van der Waals surface area contributed by atoms with Crippen LogP contribution in [0.5, 0.6) is 0 Å². The van der Waals surface area contributed by atoms with Crippen LogP contribution < -0.4 is 27.2 Å². The molecule has 3 aliphatic heterocycles. The summed E-state index contributed by atoms with van der Waals surface area (Å²) in [5.41, 5.74) is 14.1. The van der Waals surface area contributed by atoms with Gasteiger partial charge in [0.05, 0.1) is 45.8 Å². The highest BCUT2D eigenvalue weighted by molar-refractivity contribution is 6.07. The number of para-hydroxylation sites is 3. The Labute approximate surface area is 283 Å². The van der Waals surface area contributed by atoms with Crippen LogP contribution in [0.4, 0.5) is 5.69 Å². The van der Waals surface area contributed by atoms with Crippen molar-refractivity contribution in [1.29, 1.82) is 0 Å². The topological polar surface area (TPSA) is 177 Å². The van der Waals surface area contributed by atoms with Crippen LogP contribution in [0.2, 0.25) is 0 Å². The maximum atomic E-state index is 14.4. The van der Waals surface area contributed by atoms with Crippen molar-refractivity contribution in [2.75, 3.05) is 11.4 Å². The third-order valence-electron chi connectivity index (χ3n) is 10.0. The van der Waals surface area contributed by atoms with Crippen molar-refractivity contribution in [1.82, 2.24) is 19.8 Å². The van der Waals surface area contributed by atoms with Gasteiger partial charge in [-0.05, 0) is 74.0 Å². The highest BCUT2D eigenvalue weighted by atomic mass is 16.4. The molecule has 12 heteroatoms. The molecule has 4 heterocycles. The fourth-order valence-corrected chi connectivity index (χ4v) is 7.81. The minimum absolute atomic E-state index is 0.00237. The predicted octanol–water partition coefficient (Wildman–Crippen LogP) is 3.05. The first kappa shape index (κ1) is 32.6. The number of anilines is 1. The number of unbranched alkanes of at least 4 members (excludes halogenated alkanes) is 1. The van der Waals surface area contributed by atoms with E-state index in [0.717, 1.165) is 0 Å². The van der Waals surface area contributed by atoms with Gasteiger partial charge < -0.3 is 21.9 Å². The molecule has 0 saturated carbocycles. The molecule has 0 spiro atoms. The van der Waals surface area contributed by atoms with Crippen LogP contribution in [0.15, 0.2) is 77.6 Å². The lowest BCUT2D eigenvalue weighted by molar-refractivity contribution is -0.163. The molecule has 0 bridgehead atoms. The molecule has 3 aromatic carbocycles. The number of fused-ring (bicyclic) bond motifs is 7. The molecule has 5 unspecified atom stereocenters. The third-order valence-corrected chi connectivity index (χ3v) is 10.0. The lowest BCUT2D eigenvalue weighted by atomic mass is 9.87. The highest BCUT2D eigenvalue weighted by Crippen LogP contribution is 2.56. The summed E-state index contributed by atoms with van der Waals surface area (Å²) < 4.78 is 1.46. The van der Waals surface area contributed by atoms with Crippen molar-refractivity contribution in [2.24, 2.45) is 17.4 Å². The number of carbonyl (C=O) groups excluding carboxylic acids is 3. The number of hydrogen-bond acceptors (Lipinski definition) is 8. The number of amides is 3. The number of aromatic nitrogens is 2. The number of rotatable bonds is 9. The average molecular weight is 664 g/mol. The van der Waals surface area contributed by atoms with Gasteiger partial charge in [-0.3, -0.25) is 33.5 Å². The van der Waals surface area contributed by atoms with E-state index in [-0.39, 0.29) is 23.7 Å². The first-order valence-corrected chi connectivity index (χ1v) is 16.9. The maximum absolute atomic E-state index is 14.4. The predicted molar refractivity (Wildman–Crippen MR) is 185 cm³/mol. The molecule has 1 fully saturated rings. The van der Waals surface area contributed by atoms with Crippen LogP contribution in [0.3, 0.4) is 0 Å². The normalized spacial score (nSPS) is 23.2. The van der Waals surface area contributed by atoms with E-state index in [0.29, 0.717) is 65.6 Å². The van der Waals surface area contributed by atoms with E-state index in [1.807, 2.05) is 26.0 Å². The summed E-state index contributed by atoms with van der Waals surface area (Å²) in [5, 5.41) is 16.5. The zero-order chi connectivity index (χ0) is 34.6. The second-order valence-electron chi connectivity index (χ2n) is 13.6. The number of nitrogens with zero attached hydrogens (tertiary/aromatic N) is 4. The van der Waals surface area contributed by atoms with Crippen molar-refractivity contribution in [3.63, 3.8) is 0 Å². The van der Waals surface area contributed by atoms with Gasteiger partial charge in [0.2, 0.25) is 11.8 Å². The molecular formula is C37H41N7O5. The minimum atomic E-state index is -2.14. The molecule has 254 valence electrons. The van der Waals surface area contributed by atoms with E-state index in [4.69, 9.17) is 16.5 Å². The molecule has 3 aliphatic rings. The lowest BCUT2D eigenvalue weighted by Crippen LogP contribution is -2.61. The van der Waals surface area contributed by atoms with Crippen molar-refractivity contribution < 1.29 is 19.5 Å². The SMILES string of the molecule is CC(C)CC1C(=O)N2c3ccccc3C(CC3NC(=O)c4ccccc4-n4c3nc3ccccc3c4=O)C2(O)N1C(=O)C(N)CCCCN. The van der Waals surface area contributed by atoms with Crippen molar-refractivity contribution in [3.8, 4) is 5.69 Å². The summed E-state index contributed by atoms with van der Waals surface area (Å²) in [6.07, 6.45) is 1.96. The largest absolute Gasteiger partial charge is 0.353 e. The van der Waals surface area contributed by atoms with Crippen LogP contribution in [0.1, 0.15) is 79.7 Å². The quantitative estimate of drug-likeness (QED) is 0.198. The number of nitrogens with two attached hydrogens (primary N) is 2. The molecule has 3 amide bonds.